The van der Waals surface area contributed by atoms with E-state index in [9.17, 15) is 4.79 Å². The molecule has 2 N–H and O–H groups in total. The highest BCUT2D eigenvalue weighted by atomic mass is 16.2. The van der Waals surface area contributed by atoms with Crippen LogP contribution in [-0.2, 0) is 0 Å². The number of nitrogens with zero attached hydrogens (tertiary/aromatic N) is 3. The average Bonchev–Trinajstić information content (AvgIpc) is 2.78. The number of carbonyl (C=O) groups is 1. The summed E-state index contributed by atoms with van der Waals surface area (Å²) in [6.45, 7) is 8.43. The van der Waals surface area contributed by atoms with Crippen LogP contribution in [0.4, 0.5) is 0 Å². The molecule has 6 heteroatoms. The van der Waals surface area contributed by atoms with E-state index in [-0.39, 0.29) is 23.7 Å². The lowest BCUT2D eigenvalue weighted by atomic mass is 10.2. The van der Waals surface area contributed by atoms with Gasteiger partial charge in [-0.3, -0.25) is 9.89 Å². The lowest BCUT2D eigenvalue weighted by Crippen LogP contribution is -2.52. The topological polar surface area (TPSA) is 73.9 Å². The fourth-order valence-electron chi connectivity index (χ4n) is 1.90. The van der Waals surface area contributed by atoms with Crippen LogP contribution in [0, 0.1) is 0 Å². The Morgan fingerprint density at radius 2 is 2.29 bits per heavy atom. The van der Waals surface area contributed by atoms with Crippen molar-refractivity contribution in [1.29, 1.82) is 0 Å². The Morgan fingerprint density at radius 3 is 2.88 bits per heavy atom. The van der Waals surface area contributed by atoms with E-state index in [1.54, 1.807) is 0 Å². The number of aromatic nitrogens is 3. The molecule has 2 rings (SSSR count). The van der Waals surface area contributed by atoms with Crippen molar-refractivity contribution < 1.29 is 4.79 Å². The zero-order chi connectivity index (χ0) is 12.4. The van der Waals surface area contributed by atoms with Gasteiger partial charge in [0, 0.05) is 31.6 Å². The number of rotatable bonds is 2. The molecule has 0 aliphatic carbocycles. The molecule has 94 valence electrons. The first-order chi connectivity index (χ1) is 8.09. The number of amides is 1. The normalized spacial score (nSPS) is 20.9. The van der Waals surface area contributed by atoms with Gasteiger partial charge in [0.15, 0.2) is 0 Å². The average molecular weight is 237 g/mol. The molecule has 0 spiro atoms. The van der Waals surface area contributed by atoms with Crippen molar-refractivity contribution in [3.05, 3.63) is 11.6 Å². The van der Waals surface area contributed by atoms with Crippen LogP contribution in [0.3, 0.4) is 0 Å². The van der Waals surface area contributed by atoms with Crippen molar-refractivity contribution in [2.24, 2.45) is 0 Å². The van der Waals surface area contributed by atoms with Gasteiger partial charge in [0.05, 0.1) is 0 Å². The molecule has 0 saturated carbocycles. The fourth-order valence-corrected chi connectivity index (χ4v) is 1.90. The van der Waals surface area contributed by atoms with E-state index in [1.807, 2.05) is 25.7 Å². The highest BCUT2D eigenvalue weighted by molar-refractivity contribution is 5.90. The summed E-state index contributed by atoms with van der Waals surface area (Å²) in [6, 6.07) is 0.192. The Labute approximate surface area is 101 Å². The summed E-state index contributed by atoms with van der Waals surface area (Å²) in [5, 5.41) is 10.1. The molecular weight excluding hydrogens is 218 g/mol. The van der Waals surface area contributed by atoms with E-state index < -0.39 is 0 Å². The van der Waals surface area contributed by atoms with E-state index >= 15 is 0 Å². The molecule has 1 saturated heterocycles. The minimum absolute atomic E-state index is 0.0813. The van der Waals surface area contributed by atoms with Crippen molar-refractivity contribution >= 4 is 5.91 Å². The van der Waals surface area contributed by atoms with Crippen LogP contribution in [0.2, 0.25) is 0 Å². The molecule has 1 aromatic heterocycles. The number of aromatic amines is 1. The Hall–Kier alpha value is -1.43. The zero-order valence-electron chi connectivity index (χ0n) is 10.5. The van der Waals surface area contributed by atoms with Crippen molar-refractivity contribution in [2.75, 3.05) is 19.6 Å². The van der Waals surface area contributed by atoms with Gasteiger partial charge in [-0.2, -0.15) is 0 Å². The molecule has 1 unspecified atom stereocenters. The summed E-state index contributed by atoms with van der Waals surface area (Å²) in [5.41, 5.74) is 0. The van der Waals surface area contributed by atoms with Gasteiger partial charge >= 0.3 is 0 Å². The lowest BCUT2D eigenvalue weighted by Gasteiger charge is -2.33. The molecule has 0 radical (unpaired) electrons. The predicted molar refractivity (Wildman–Crippen MR) is 63.8 cm³/mol. The van der Waals surface area contributed by atoms with Gasteiger partial charge in [-0.15, -0.1) is 5.10 Å². The van der Waals surface area contributed by atoms with Crippen LogP contribution in [0.25, 0.3) is 0 Å². The van der Waals surface area contributed by atoms with Crippen molar-refractivity contribution in [2.45, 2.75) is 32.7 Å². The molecule has 1 aliphatic heterocycles. The van der Waals surface area contributed by atoms with E-state index in [4.69, 9.17) is 0 Å². The molecule has 1 amide bonds. The van der Waals surface area contributed by atoms with Crippen molar-refractivity contribution in [3.63, 3.8) is 0 Å². The Balaban J connectivity index is 2.12. The van der Waals surface area contributed by atoms with Gasteiger partial charge in [0.2, 0.25) is 5.82 Å². The number of carbonyl (C=O) groups excluding carboxylic acids is 1. The molecule has 1 atom stereocenters. The second-order valence-corrected chi connectivity index (χ2v) is 4.75. The van der Waals surface area contributed by atoms with E-state index in [1.165, 1.54) is 0 Å². The first-order valence-electron chi connectivity index (χ1n) is 6.03. The van der Waals surface area contributed by atoms with Crippen LogP contribution in [0.5, 0.6) is 0 Å². The van der Waals surface area contributed by atoms with Gasteiger partial charge in [0.25, 0.3) is 5.91 Å². The third kappa shape index (κ3) is 2.46. The summed E-state index contributed by atoms with van der Waals surface area (Å²) in [7, 11) is 0. The lowest BCUT2D eigenvalue weighted by molar-refractivity contribution is 0.0643. The molecule has 1 fully saturated rings. The highest BCUT2D eigenvalue weighted by Crippen LogP contribution is 2.11. The van der Waals surface area contributed by atoms with Crippen LogP contribution in [-0.4, -0.2) is 51.7 Å². The molecule has 0 aromatic carbocycles. The molecule has 17 heavy (non-hydrogen) atoms. The standard InChI is InChI=1S/C11H19N5O/c1-7(2)9-13-10(15-14-9)11(17)16-5-4-12-6-8(16)3/h7-8,12H,4-6H2,1-3H3,(H,13,14,15). The number of H-pyrrole nitrogens is 1. The zero-order valence-corrected chi connectivity index (χ0v) is 10.5. The van der Waals surface area contributed by atoms with Gasteiger partial charge in [-0.1, -0.05) is 13.8 Å². The predicted octanol–water partition coefficient (Wildman–Crippen LogP) is 0.362. The molecule has 1 aliphatic rings. The maximum Gasteiger partial charge on any atom is 0.293 e. The summed E-state index contributed by atoms with van der Waals surface area (Å²) in [6.07, 6.45) is 0. The van der Waals surface area contributed by atoms with Crippen LogP contribution in [0.1, 0.15) is 43.1 Å². The molecule has 2 heterocycles. The fraction of sp³-hybridized carbons (Fsp3) is 0.727. The van der Waals surface area contributed by atoms with E-state index in [2.05, 4.69) is 20.5 Å². The Kier molecular flexibility index (Phi) is 3.42. The minimum atomic E-state index is -0.0813. The Morgan fingerprint density at radius 1 is 1.53 bits per heavy atom. The van der Waals surface area contributed by atoms with Gasteiger partial charge < -0.3 is 10.2 Å². The molecule has 1 aromatic rings. The summed E-state index contributed by atoms with van der Waals surface area (Å²) in [5.74, 6) is 1.21. The van der Waals surface area contributed by atoms with Gasteiger partial charge in [-0.05, 0) is 6.92 Å². The maximum atomic E-state index is 12.2. The summed E-state index contributed by atoms with van der Waals surface area (Å²) < 4.78 is 0. The van der Waals surface area contributed by atoms with E-state index in [0.717, 1.165) is 18.9 Å². The first kappa shape index (κ1) is 12.0. The van der Waals surface area contributed by atoms with Crippen LogP contribution < -0.4 is 5.32 Å². The Bertz CT molecular complexity index is 400. The quantitative estimate of drug-likeness (QED) is 0.779. The van der Waals surface area contributed by atoms with Gasteiger partial charge in [0.1, 0.15) is 5.82 Å². The minimum Gasteiger partial charge on any atom is -0.331 e. The van der Waals surface area contributed by atoms with Crippen LogP contribution >= 0.6 is 0 Å². The maximum absolute atomic E-state index is 12.2. The largest absolute Gasteiger partial charge is 0.331 e. The molecule has 0 bridgehead atoms. The smallest absolute Gasteiger partial charge is 0.293 e. The van der Waals surface area contributed by atoms with Crippen LogP contribution in [0.15, 0.2) is 0 Å². The second kappa shape index (κ2) is 4.83. The third-order valence-electron chi connectivity index (χ3n) is 3.00. The number of hydrogen-bond acceptors (Lipinski definition) is 4. The monoisotopic (exact) mass is 237 g/mol. The summed E-state index contributed by atoms with van der Waals surface area (Å²) >= 11 is 0. The molecule has 6 nitrogen and oxygen atoms in total. The van der Waals surface area contributed by atoms with Gasteiger partial charge in [-0.25, -0.2) is 4.98 Å². The second-order valence-electron chi connectivity index (χ2n) is 4.75. The SMILES string of the molecule is CC(C)c1nc(C(=O)N2CCNCC2C)n[nH]1. The molecular formula is C11H19N5O. The first-order valence-corrected chi connectivity index (χ1v) is 6.03. The summed E-state index contributed by atoms with van der Waals surface area (Å²) in [4.78, 5) is 18.3. The van der Waals surface area contributed by atoms with E-state index in [0.29, 0.717) is 6.54 Å². The third-order valence-corrected chi connectivity index (χ3v) is 3.00. The number of nitrogens with one attached hydrogen (secondary N) is 2. The number of hydrogen-bond donors (Lipinski definition) is 2. The van der Waals surface area contributed by atoms with Crippen molar-refractivity contribution in [1.82, 2.24) is 25.4 Å². The number of piperazine rings is 1. The van der Waals surface area contributed by atoms with Crippen molar-refractivity contribution in [3.8, 4) is 0 Å². The highest BCUT2D eigenvalue weighted by Gasteiger charge is 2.26.